The van der Waals surface area contributed by atoms with Crippen LogP contribution in [-0.2, 0) is 0 Å². The molecule has 0 fully saturated rings. The smallest absolute Gasteiger partial charge is 0.167 e. The molecule has 0 N–H and O–H groups in total. The molecule has 0 radical (unpaired) electrons. The number of hydrogen-bond acceptors (Lipinski definition) is 5. The third-order valence-corrected chi connectivity index (χ3v) is 11.6. The molecule has 280 valence electrons. The predicted molar refractivity (Wildman–Crippen MR) is 245 cm³/mol. The maximum atomic E-state index is 6.59. The number of para-hydroxylation sites is 4. The fourth-order valence-electron chi connectivity index (χ4n) is 8.67. The van der Waals surface area contributed by atoms with Crippen molar-refractivity contribution in [1.29, 1.82) is 0 Å². The van der Waals surface area contributed by atoms with Crippen molar-refractivity contribution in [2.45, 2.75) is 0 Å². The third-order valence-electron chi connectivity index (χ3n) is 11.6. The fraction of sp³-hybridized carbons (Fsp3) is 0. The Labute approximate surface area is 344 Å². The summed E-state index contributed by atoms with van der Waals surface area (Å²) in [6, 6.07) is 69.4. The topological polar surface area (TPSA) is 65.0 Å². The van der Waals surface area contributed by atoms with E-state index in [-0.39, 0.29) is 0 Å². The molecule has 0 unspecified atom stereocenters. The molecule has 0 atom stereocenters. The number of fused-ring (bicyclic) bond motifs is 7. The zero-order valence-corrected chi connectivity index (χ0v) is 32.2. The predicted octanol–water partition coefficient (Wildman–Crippen LogP) is 14.8. The van der Waals surface area contributed by atoms with Gasteiger partial charge in [0.05, 0.1) is 11.1 Å². The summed E-state index contributed by atoms with van der Waals surface area (Å²) in [7, 11) is 0. The van der Waals surface area contributed by atoms with Gasteiger partial charge in [-0.3, -0.25) is 0 Å². The molecule has 12 rings (SSSR count). The van der Waals surface area contributed by atoms with Crippen LogP contribution in [0.5, 0.6) is 0 Å². The number of furan rings is 2. The second kappa shape index (κ2) is 13.8. The number of hydrogen-bond donors (Lipinski definition) is 0. The molecule has 60 heavy (non-hydrogen) atoms. The van der Waals surface area contributed by atoms with Crippen LogP contribution in [0.4, 0.5) is 0 Å². The van der Waals surface area contributed by atoms with Crippen molar-refractivity contribution < 1.29 is 8.83 Å². The average Bonchev–Trinajstić information content (AvgIpc) is 3.90. The highest BCUT2D eigenvalue weighted by molar-refractivity contribution is 6.11. The number of rotatable bonds is 6. The first-order chi connectivity index (χ1) is 29.7. The van der Waals surface area contributed by atoms with Crippen molar-refractivity contribution in [3.63, 3.8) is 0 Å². The Kier molecular flexibility index (Phi) is 7.78. The lowest BCUT2D eigenvalue weighted by atomic mass is 9.91. The van der Waals surface area contributed by atoms with E-state index in [4.69, 9.17) is 23.8 Å². The number of benzene rings is 9. The van der Waals surface area contributed by atoms with Gasteiger partial charge < -0.3 is 8.83 Å². The van der Waals surface area contributed by atoms with E-state index in [9.17, 15) is 0 Å². The molecule has 0 saturated heterocycles. The summed E-state index contributed by atoms with van der Waals surface area (Å²) in [4.78, 5) is 16.1. The van der Waals surface area contributed by atoms with Crippen LogP contribution in [0.1, 0.15) is 0 Å². The van der Waals surface area contributed by atoms with E-state index in [2.05, 4.69) is 127 Å². The summed E-state index contributed by atoms with van der Waals surface area (Å²) in [5, 5.41) is 6.21. The van der Waals surface area contributed by atoms with Crippen LogP contribution in [0.3, 0.4) is 0 Å². The lowest BCUT2D eigenvalue weighted by molar-refractivity contribution is 0.669. The van der Waals surface area contributed by atoms with Crippen molar-refractivity contribution in [2.24, 2.45) is 0 Å². The molecular formula is C55H33N3O2. The first kappa shape index (κ1) is 33.9. The SMILES string of the molecule is c1ccc(-c2ccc(-c3ccc4cc(-c5ccccc5)ccc4c3-c3nc(-c4cccc5c4oc4ccccc45)nc(-c4cccc5c4oc4ccccc45)n3)cc2)cc1. The maximum Gasteiger partial charge on any atom is 0.167 e. The van der Waals surface area contributed by atoms with E-state index in [1.807, 2.05) is 72.8 Å². The van der Waals surface area contributed by atoms with Gasteiger partial charge in [-0.05, 0) is 74.5 Å². The summed E-state index contributed by atoms with van der Waals surface area (Å²) in [6.45, 7) is 0. The van der Waals surface area contributed by atoms with Gasteiger partial charge in [-0.15, -0.1) is 0 Å². The summed E-state index contributed by atoms with van der Waals surface area (Å²) in [5.41, 5.74) is 12.2. The van der Waals surface area contributed by atoms with E-state index in [1.54, 1.807) is 0 Å². The highest BCUT2D eigenvalue weighted by atomic mass is 16.3. The molecular weight excluding hydrogens is 735 g/mol. The van der Waals surface area contributed by atoms with Crippen LogP contribution in [0.2, 0.25) is 0 Å². The van der Waals surface area contributed by atoms with Crippen LogP contribution in [0, 0.1) is 0 Å². The molecule has 3 aromatic heterocycles. The fourth-order valence-corrected chi connectivity index (χ4v) is 8.67. The zero-order chi connectivity index (χ0) is 39.6. The number of nitrogens with zero attached hydrogens (tertiary/aromatic N) is 3. The first-order valence-corrected chi connectivity index (χ1v) is 20.1. The first-order valence-electron chi connectivity index (χ1n) is 20.1. The highest BCUT2D eigenvalue weighted by Crippen LogP contribution is 2.42. The van der Waals surface area contributed by atoms with Crippen molar-refractivity contribution in [3.05, 3.63) is 200 Å². The Bertz CT molecular complexity index is 3460. The molecule has 0 amide bonds. The van der Waals surface area contributed by atoms with Crippen LogP contribution in [0.15, 0.2) is 209 Å². The lowest BCUT2D eigenvalue weighted by Gasteiger charge is -2.16. The van der Waals surface area contributed by atoms with Crippen LogP contribution < -0.4 is 0 Å². The van der Waals surface area contributed by atoms with Crippen molar-refractivity contribution in [3.8, 4) is 67.5 Å². The van der Waals surface area contributed by atoms with Gasteiger partial charge in [0, 0.05) is 27.1 Å². The molecule has 5 nitrogen and oxygen atoms in total. The zero-order valence-electron chi connectivity index (χ0n) is 32.2. The van der Waals surface area contributed by atoms with Crippen LogP contribution in [-0.4, -0.2) is 15.0 Å². The van der Waals surface area contributed by atoms with Gasteiger partial charge >= 0.3 is 0 Å². The summed E-state index contributed by atoms with van der Waals surface area (Å²) in [5.74, 6) is 1.57. The van der Waals surface area contributed by atoms with Crippen molar-refractivity contribution in [2.75, 3.05) is 0 Å². The van der Waals surface area contributed by atoms with Gasteiger partial charge in [0.2, 0.25) is 0 Å². The Hall–Kier alpha value is -8.15. The van der Waals surface area contributed by atoms with Crippen molar-refractivity contribution >= 4 is 54.6 Å². The third kappa shape index (κ3) is 5.59. The normalized spacial score (nSPS) is 11.7. The minimum Gasteiger partial charge on any atom is -0.455 e. The molecule has 5 heteroatoms. The van der Waals surface area contributed by atoms with E-state index in [1.165, 1.54) is 5.56 Å². The molecule has 0 aliphatic rings. The van der Waals surface area contributed by atoms with Gasteiger partial charge in [-0.2, -0.15) is 0 Å². The molecule has 0 spiro atoms. The summed E-state index contributed by atoms with van der Waals surface area (Å²) in [6.07, 6.45) is 0. The monoisotopic (exact) mass is 767 g/mol. The average molecular weight is 768 g/mol. The minimum absolute atomic E-state index is 0.510. The van der Waals surface area contributed by atoms with Gasteiger partial charge in [-0.25, -0.2) is 15.0 Å². The van der Waals surface area contributed by atoms with E-state index in [0.717, 1.165) is 99.2 Å². The second-order valence-electron chi connectivity index (χ2n) is 15.1. The van der Waals surface area contributed by atoms with Gasteiger partial charge in [-0.1, -0.05) is 170 Å². The molecule has 9 aromatic carbocycles. The van der Waals surface area contributed by atoms with Crippen LogP contribution in [0.25, 0.3) is 122 Å². The molecule has 0 saturated carbocycles. The van der Waals surface area contributed by atoms with Crippen molar-refractivity contribution in [1.82, 2.24) is 15.0 Å². The minimum atomic E-state index is 0.510. The molecule has 0 bridgehead atoms. The van der Waals surface area contributed by atoms with E-state index >= 15 is 0 Å². The van der Waals surface area contributed by atoms with Crippen LogP contribution >= 0.6 is 0 Å². The Balaban J connectivity index is 1.15. The Morgan fingerprint density at radius 2 is 0.750 bits per heavy atom. The van der Waals surface area contributed by atoms with Gasteiger partial charge in [0.25, 0.3) is 0 Å². The largest absolute Gasteiger partial charge is 0.455 e. The molecule has 3 heterocycles. The standard InChI is InChI=1S/C55H33N3O2/c1-3-13-34(14-4-1)36-25-27-37(28-26-36)40-32-30-39-33-38(35-15-5-2-6-16-35)29-31-41(39)50(40)55-57-53(46-21-11-19-44-42-17-7-9-23-48(42)59-51(44)46)56-54(58-55)47-22-12-20-45-43-18-8-10-24-49(43)60-52(45)47/h1-33H. The van der Waals surface area contributed by atoms with E-state index < -0.39 is 0 Å². The summed E-state index contributed by atoms with van der Waals surface area (Å²) < 4.78 is 13.2. The molecule has 0 aliphatic carbocycles. The van der Waals surface area contributed by atoms with Gasteiger partial charge in [0.15, 0.2) is 17.5 Å². The Morgan fingerprint density at radius 3 is 1.35 bits per heavy atom. The highest BCUT2D eigenvalue weighted by Gasteiger charge is 2.23. The van der Waals surface area contributed by atoms with Gasteiger partial charge in [0.1, 0.15) is 22.3 Å². The summed E-state index contributed by atoms with van der Waals surface area (Å²) >= 11 is 0. The Morgan fingerprint density at radius 1 is 0.283 bits per heavy atom. The molecule has 0 aliphatic heterocycles. The lowest BCUT2D eigenvalue weighted by Crippen LogP contribution is -2.02. The maximum absolute atomic E-state index is 6.59. The molecule has 12 aromatic rings. The number of aromatic nitrogens is 3. The quantitative estimate of drug-likeness (QED) is 0.169. The second-order valence-corrected chi connectivity index (χ2v) is 15.1. The van der Waals surface area contributed by atoms with E-state index in [0.29, 0.717) is 17.5 Å².